The summed E-state index contributed by atoms with van der Waals surface area (Å²) in [6.45, 7) is 3.11. The van der Waals surface area contributed by atoms with E-state index >= 15 is 0 Å². The lowest BCUT2D eigenvalue weighted by Gasteiger charge is -2.33. The Morgan fingerprint density at radius 2 is 2.32 bits per heavy atom. The number of piperidine rings is 1. The third-order valence-electron chi connectivity index (χ3n) is 5.34. The van der Waals surface area contributed by atoms with Gasteiger partial charge in [-0.2, -0.15) is 0 Å². The Morgan fingerprint density at radius 1 is 1.41 bits per heavy atom. The first-order valence-electron chi connectivity index (χ1n) is 8.48. The average molecular weight is 320 g/mol. The Hall–Kier alpha value is -0.910. The predicted molar refractivity (Wildman–Crippen MR) is 86.8 cm³/mol. The molecule has 2 aliphatic heterocycles. The number of fused-ring (bicyclic) bond motifs is 1. The zero-order chi connectivity index (χ0) is 14.9. The minimum Gasteiger partial charge on any atom is -0.364 e. The van der Waals surface area contributed by atoms with E-state index in [0.717, 1.165) is 45.3 Å². The van der Waals surface area contributed by atoms with Gasteiger partial charge in [-0.1, -0.05) is 6.07 Å². The number of hydrogen-bond acceptors (Lipinski definition) is 4. The molecule has 0 bridgehead atoms. The Kier molecular flexibility index (Phi) is 4.20. The summed E-state index contributed by atoms with van der Waals surface area (Å²) in [6, 6.07) is 4.72. The van der Waals surface area contributed by atoms with Gasteiger partial charge >= 0.3 is 0 Å². The number of ether oxygens (including phenoxy) is 1. The molecule has 0 aromatic carbocycles. The van der Waals surface area contributed by atoms with Gasteiger partial charge in [0, 0.05) is 24.0 Å². The second kappa shape index (κ2) is 6.30. The molecule has 5 heteroatoms. The number of carbonyl (C=O) groups is 1. The van der Waals surface area contributed by atoms with E-state index < -0.39 is 0 Å². The summed E-state index contributed by atoms with van der Waals surface area (Å²) in [5.41, 5.74) is 0. The first-order chi connectivity index (χ1) is 10.8. The Morgan fingerprint density at radius 3 is 3.05 bits per heavy atom. The number of thiophene rings is 1. The quantitative estimate of drug-likeness (QED) is 0.926. The number of hydrogen-bond donors (Lipinski definition) is 1. The molecule has 0 unspecified atom stereocenters. The molecule has 4 nitrogen and oxygen atoms in total. The zero-order valence-corrected chi connectivity index (χ0v) is 13.7. The monoisotopic (exact) mass is 320 g/mol. The van der Waals surface area contributed by atoms with Crippen LogP contribution in [0.1, 0.15) is 37.0 Å². The van der Waals surface area contributed by atoms with Crippen LogP contribution in [0.25, 0.3) is 0 Å². The Bertz CT molecular complexity index is 515. The van der Waals surface area contributed by atoms with Gasteiger partial charge in [0.05, 0.1) is 6.10 Å². The standard InChI is InChI=1S/C17H24N2O2S/c20-17(18-13-3-1-4-13)15-9-12-6-7-19(11-16(12)21-15)10-14-5-2-8-22-14/h2,5,8,12-13,15-16H,1,3-4,6-7,9-11H2,(H,18,20)/t12-,15-,16-/m0/s1. The third kappa shape index (κ3) is 3.07. The van der Waals surface area contributed by atoms with Gasteiger partial charge in [0.25, 0.3) is 0 Å². The highest BCUT2D eigenvalue weighted by Crippen LogP contribution is 2.34. The van der Waals surface area contributed by atoms with Crippen LogP contribution >= 0.6 is 11.3 Å². The van der Waals surface area contributed by atoms with E-state index in [-0.39, 0.29) is 18.1 Å². The van der Waals surface area contributed by atoms with Crippen LogP contribution in [-0.4, -0.2) is 42.1 Å². The molecule has 120 valence electrons. The van der Waals surface area contributed by atoms with Gasteiger partial charge in [-0.15, -0.1) is 11.3 Å². The summed E-state index contributed by atoms with van der Waals surface area (Å²) >= 11 is 1.82. The fraction of sp³-hybridized carbons (Fsp3) is 0.706. The summed E-state index contributed by atoms with van der Waals surface area (Å²) in [5, 5.41) is 5.27. The van der Waals surface area contributed by atoms with Crippen molar-refractivity contribution in [1.29, 1.82) is 0 Å². The van der Waals surface area contributed by atoms with Gasteiger partial charge in [0.15, 0.2) is 0 Å². The predicted octanol–water partition coefficient (Wildman–Crippen LogP) is 2.40. The number of nitrogens with zero attached hydrogens (tertiary/aromatic N) is 1. The van der Waals surface area contributed by atoms with E-state index in [4.69, 9.17) is 4.74 Å². The molecule has 3 heterocycles. The molecule has 1 N–H and O–H groups in total. The molecule has 4 rings (SSSR count). The van der Waals surface area contributed by atoms with Gasteiger partial charge in [0.1, 0.15) is 6.10 Å². The van der Waals surface area contributed by atoms with Crippen LogP contribution in [0.5, 0.6) is 0 Å². The molecule has 1 amide bonds. The van der Waals surface area contributed by atoms with E-state index in [1.807, 2.05) is 11.3 Å². The van der Waals surface area contributed by atoms with Crippen LogP contribution in [0, 0.1) is 5.92 Å². The van der Waals surface area contributed by atoms with Crippen molar-refractivity contribution in [2.24, 2.45) is 5.92 Å². The largest absolute Gasteiger partial charge is 0.364 e. The minimum absolute atomic E-state index is 0.129. The Balaban J connectivity index is 1.30. The van der Waals surface area contributed by atoms with Crippen LogP contribution in [0.4, 0.5) is 0 Å². The average Bonchev–Trinajstić information content (AvgIpc) is 3.11. The molecule has 1 aliphatic carbocycles. The lowest BCUT2D eigenvalue weighted by atomic mass is 9.90. The second-order valence-electron chi connectivity index (χ2n) is 6.90. The second-order valence-corrected chi connectivity index (χ2v) is 7.93. The molecular formula is C17H24N2O2S. The smallest absolute Gasteiger partial charge is 0.249 e. The van der Waals surface area contributed by atoms with Gasteiger partial charge in [-0.05, 0) is 56.0 Å². The summed E-state index contributed by atoms with van der Waals surface area (Å²) in [6.07, 6.45) is 5.63. The molecule has 1 aromatic rings. The fourth-order valence-corrected chi connectivity index (χ4v) is 4.52. The summed E-state index contributed by atoms with van der Waals surface area (Å²) in [5.74, 6) is 0.695. The lowest BCUT2D eigenvalue weighted by molar-refractivity contribution is -0.134. The van der Waals surface area contributed by atoms with Crippen molar-refractivity contribution < 1.29 is 9.53 Å². The van der Waals surface area contributed by atoms with Crippen molar-refractivity contribution >= 4 is 17.2 Å². The van der Waals surface area contributed by atoms with Gasteiger partial charge < -0.3 is 10.1 Å². The van der Waals surface area contributed by atoms with Gasteiger partial charge in [-0.3, -0.25) is 9.69 Å². The number of nitrogens with one attached hydrogen (secondary N) is 1. The minimum atomic E-state index is -0.211. The number of carbonyl (C=O) groups excluding carboxylic acids is 1. The normalized spacial score (nSPS) is 32.5. The van der Waals surface area contributed by atoms with E-state index in [1.165, 1.54) is 11.3 Å². The van der Waals surface area contributed by atoms with Crippen molar-refractivity contribution in [3.8, 4) is 0 Å². The molecule has 3 fully saturated rings. The van der Waals surface area contributed by atoms with Crippen LogP contribution in [0.15, 0.2) is 17.5 Å². The number of amides is 1. The molecule has 1 saturated carbocycles. The van der Waals surface area contributed by atoms with E-state index in [9.17, 15) is 4.79 Å². The lowest BCUT2D eigenvalue weighted by Crippen LogP contribution is -2.45. The van der Waals surface area contributed by atoms with E-state index in [0.29, 0.717) is 12.0 Å². The number of rotatable bonds is 4. The highest BCUT2D eigenvalue weighted by atomic mass is 32.1. The molecule has 1 aromatic heterocycles. The van der Waals surface area contributed by atoms with Gasteiger partial charge in [-0.25, -0.2) is 0 Å². The maximum atomic E-state index is 12.3. The molecule has 0 radical (unpaired) electrons. The van der Waals surface area contributed by atoms with Crippen molar-refractivity contribution in [2.75, 3.05) is 13.1 Å². The molecule has 3 aliphatic rings. The summed E-state index contributed by atoms with van der Waals surface area (Å²) in [4.78, 5) is 16.2. The third-order valence-corrected chi connectivity index (χ3v) is 6.20. The maximum absolute atomic E-state index is 12.3. The van der Waals surface area contributed by atoms with Crippen molar-refractivity contribution in [3.63, 3.8) is 0 Å². The van der Waals surface area contributed by atoms with Crippen LogP contribution in [-0.2, 0) is 16.1 Å². The Labute approximate surface area is 135 Å². The summed E-state index contributed by atoms with van der Waals surface area (Å²) in [7, 11) is 0. The fourth-order valence-electron chi connectivity index (χ4n) is 3.78. The zero-order valence-electron chi connectivity index (χ0n) is 12.9. The molecule has 22 heavy (non-hydrogen) atoms. The van der Waals surface area contributed by atoms with E-state index in [1.54, 1.807) is 0 Å². The van der Waals surface area contributed by atoms with Gasteiger partial charge in [0.2, 0.25) is 5.91 Å². The highest BCUT2D eigenvalue weighted by Gasteiger charge is 2.42. The van der Waals surface area contributed by atoms with E-state index in [2.05, 4.69) is 27.7 Å². The van der Waals surface area contributed by atoms with Crippen LogP contribution < -0.4 is 5.32 Å². The molecular weight excluding hydrogens is 296 g/mol. The van der Waals surface area contributed by atoms with Crippen molar-refractivity contribution in [2.45, 2.75) is 56.9 Å². The maximum Gasteiger partial charge on any atom is 0.249 e. The first kappa shape index (κ1) is 14.7. The number of likely N-dealkylation sites (tertiary alicyclic amines) is 1. The molecule has 3 atom stereocenters. The SMILES string of the molecule is O=C(NC1CCC1)[C@@H]1C[C@@H]2CCN(Cc3cccs3)C[C@@H]2O1. The van der Waals surface area contributed by atoms with Crippen LogP contribution in [0.2, 0.25) is 0 Å². The van der Waals surface area contributed by atoms with Crippen molar-refractivity contribution in [1.82, 2.24) is 10.2 Å². The summed E-state index contributed by atoms with van der Waals surface area (Å²) < 4.78 is 6.10. The van der Waals surface area contributed by atoms with Crippen LogP contribution in [0.3, 0.4) is 0 Å². The molecule has 2 saturated heterocycles. The topological polar surface area (TPSA) is 41.6 Å². The highest BCUT2D eigenvalue weighted by molar-refractivity contribution is 7.09. The van der Waals surface area contributed by atoms with Crippen molar-refractivity contribution in [3.05, 3.63) is 22.4 Å². The first-order valence-corrected chi connectivity index (χ1v) is 9.36. The molecule has 0 spiro atoms.